The van der Waals surface area contributed by atoms with E-state index in [0.717, 1.165) is 11.1 Å². The van der Waals surface area contributed by atoms with E-state index in [2.05, 4.69) is 16.0 Å². The molecule has 64 heavy (non-hydrogen) atoms. The number of hydrogen-bond acceptors (Lipinski definition) is 16. The van der Waals surface area contributed by atoms with Gasteiger partial charge in [0.25, 0.3) is 5.91 Å². The van der Waals surface area contributed by atoms with Gasteiger partial charge in [0.05, 0.1) is 126 Å². The lowest BCUT2D eigenvalue weighted by molar-refractivity contribution is -0.137. The van der Waals surface area contributed by atoms with Gasteiger partial charge in [-0.1, -0.05) is 23.7 Å². The topological polar surface area (TPSA) is 226 Å². The summed E-state index contributed by atoms with van der Waals surface area (Å²) in [4.78, 5) is 61.1. The maximum absolute atomic E-state index is 13.0. The first kappa shape index (κ1) is 52.3. The van der Waals surface area contributed by atoms with Crippen molar-refractivity contribution in [3.8, 4) is 5.75 Å². The Labute approximate surface area is 378 Å². The summed E-state index contributed by atoms with van der Waals surface area (Å²) in [5.41, 5.74) is 2.45. The number of halogens is 1. The predicted molar refractivity (Wildman–Crippen MR) is 230 cm³/mol. The van der Waals surface area contributed by atoms with E-state index in [1.807, 2.05) is 6.07 Å². The number of urea groups is 1. The van der Waals surface area contributed by atoms with E-state index in [1.165, 1.54) is 4.90 Å². The van der Waals surface area contributed by atoms with Crippen LogP contribution in [0.4, 0.5) is 10.5 Å². The molecule has 3 N–H and O–H groups in total. The molecular formula is C43H61ClN4O16. The van der Waals surface area contributed by atoms with Crippen molar-refractivity contribution in [2.24, 2.45) is 0 Å². The van der Waals surface area contributed by atoms with E-state index in [0.29, 0.717) is 154 Å². The first-order valence-electron chi connectivity index (χ1n) is 21.3. The van der Waals surface area contributed by atoms with Crippen molar-refractivity contribution in [2.45, 2.75) is 32.0 Å². The second kappa shape index (κ2) is 32.4. The van der Waals surface area contributed by atoms with E-state index < -0.39 is 18.0 Å². The molecule has 2 heterocycles. The van der Waals surface area contributed by atoms with Gasteiger partial charge >= 0.3 is 6.03 Å². The average molecular weight is 925 g/mol. The number of fused-ring (bicyclic) bond motifs is 1. The largest absolute Gasteiger partial charge is 0.491 e. The Morgan fingerprint density at radius 2 is 1.17 bits per heavy atom. The molecule has 1 atom stereocenters. The molecule has 2 aromatic rings. The van der Waals surface area contributed by atoms with E-state index in [9.17, 15) is 24.0 Å². The molecule has 356 valence electrons. The summed E-state index contributed by atoms with van der Waals surface area (Å²) < 4.78 is 59.9. The number of nitrogens with zero attached hydrogens (tertiary/aromatic N) is 1. The van der Waals surface area contributed by atoms with Gasteiger partial charge in [-0.15, -0.1) is 0 Å². The highest BCUT2D eigenvalue weighted by Crippen LogP contribution is 2.28. The van der Waals surface area contributed by atoms with Gasteiger partial charge in [0.1, 0.15) is 31.3 Å². The molecular weight excluding hydrogens is 864 g/mol. The molecule has 2 aliphatic rings. The molecule has 0 radical (unpaired) electrons. The highest BCUT2D eigenvalue weighted by Gasteiger charge is 2.39. The Morgan fingerprint density at radius 1 is 0.672 bits per heavy atom. The number of nitrogens with one attached hydrogen (secondary N) is 3. The Bertz CT molecular complexity index is 1710. The number of carbonyl (C=O) groups is 5. The Morgan fingerprint density at radius 3 is 1.67 bits per heavy atom. The van der Waals surface area contributed by atoms with Crippen LogP contribution in [0.2, 0.25) is 5.02 Å². The van der Waals surface area contributed by atoms with Crippen LogP contribution in [0, 0.1) is 0 Å². The van der Waals surface area contributed by atoms with Crippen molar-refractivity contribution in [3.05, 3.63) is 58.1 Å². The molecule has 0 aromatic heterocycles. The van der Waals surface area contributed by atoms with Gasteiger partial charge in [-0.2, -0.15) is 0 Å². The second-order valence-corrected chi connectivity index (χ2v) is 14.4. The highest BCUT2D eigenvalue weighted by atomic mass is 35.5. The predicted octanol–water partition coefficient (Wildman–Crippen LogP) is 2.17. The Kier molecular flexibility index (Phi) is 26.4. The molecule has 2 aliphatic heterocycles. The smallest absolute Gasteiger partial charge is 0.319 e. The van der Waals surface area contributed by atoms with Crippen LogP contribution >= 0.6 is 11.6 Å². The third-order valence-electron chi connectivity index (χ3n) is 9.20. The fourth-order valence-electron chi connectivity index (χ4n) is 6.14. The first-order chi connectivity index (χ1) is 31.3. The van der Waals surface area contributed by atoms with Crippen molar-refractivity contribution in [1.82, 2.24) is 15.5 Å². The first-order valence-corrected chi connectivity index (χ1v) is 21.7. The summed E-state index contributed by atoms with van der Waals surface area (Å²) >= 11 is 6.27. The van der Waals surface area contributed by atoms with Crippen LogP contribution < -0.4 is 20.7 Å². The SMILES string of the molecule is O=CCOCCOCCOCCOCCOCCOCCOCCOCCOCCOCCOc1cc(Cl)cc(NC(=O)NCc2ccc3c(c2)CN(C2CCC(=O)NC2=O)C3=O)c1. The van der Waals surface area contributed by atoms with Crippen molar-refractivity contribution >= 4 is 47.3 Å². The molecule has 2 aromatic carbocycles. The number of carbonyl (C=O) groups excluding carboxylic acids is 5. The van der Waals surface area contributed by atoms with Gasteiger partial charge in [-0.05, 0) is 35.7 Å². The zero-order chi connectivity index (χ0) is 45.5. The van der Waals surface area contributed by atoms with Crippen LogP contribution in [0.1, 0.15) is 34.3 Å². The lowest BCUT2D eigenvalue weighted by atomic mass is 10.0. The maximum Gasteiger partial charge on any atom is 0.319 e. The average Bonchev–Trinajstić information content (AvgIpc) is 3.60. The number of rotatable bonds is 37. The number of ether oxygens (including phenoxy) is 11. The molecule has 0 saturated carbocycles. The highest BCUT2D eigenvalue weighted by molar-refractivity contribution is 6.31. The van der Waals surface area contributed by atoms with Gasteiger partial charge < -0.3 is 72.4 Å². The van der Waals surface area contributed by atoms with Crippen molar-refractivity contribution < 1.29 is 76.1 Å². The van der Waals surface area contributed by atoms with Crippen LogP contribution in [0.3, 0.4) is 0 Å². The van der Waals surface area contributed by atoms with Gasteiger partial charge in [0.15, 0.2) is 0 Å². The number of benzene rings is 2. The molecule has 0 spiro atoms. The number of aldehydes is 1. The van der Waals surface area contributed by atoms with E-state index in [1.54, 1.807) is 30.3 Å². The van der Waals surface area contributed by atoms with Crippen LogP contribution in [0.15, 0.2) is 36.4 Å². The molecule has 1 unspecified atom stereocenters. The quantitative estimate of drug-likeness (QED) is 0.0502. The molecule has 1 fully saturated rings. The fourth-order valence-corrected chi connectivity index (χ4v) is 6.37. The minimum absolute atomic E-state index is 0.0843. The maximum atomic E-state index is 13.0. The normalized spacial score (nSPS) is 14.7. The standard InChI is InChI=1S/C43H61ClN4O16/c44-35-28-36(46-43(53)45-31-33-1-2-38-34(27-33)32-48(42(38)52)39-3-4-40(50)47-41(39)51)30-37(29-35)64-26-25-63-24-23-62-22-21-61-20-19-60-18-17-59-16-15-58-14-13-57-12-11-56-10-9-55-8-7-54-6-5-49/h1-2,5,27-30,39H,3-4,6-26,31-32H2,(H2,45,46,53)(H,47,50,51). The van der Waals surface area contributed by atoms with Crippen molar-refractivity contribution in [3.63, 3.8) is 0 Å². The molecule has 0 aliphatic carbocycles. The zero-order valence-electron chi connectivity index (χ0n) is 36.2. The summed E-state index contributed by atoms with van der Waals surface area (Å²) in [6.07, 6.45) is 1.17. The Balaban J connectivity index is 0.895. The van der Waals surface area contributed by atoms with Gasteiger partial charge in [-0.3, -0.25) is 19.7 Å². The zero-order valence-corrected chi connectivity index (χ0v) is 36.9. The molecule has 1 saturated heterocycles. The van der Waals surface area contributed by atoms with Crippen molar-refractivity contribution in [2.75, 3.05) is 144 Å². The number of amides is 5. The monoisotopic (exact) mass is 924 g/mol. The molecule has 21 heteroatoms. The summed E-state index contributed by atoms with van der Waals surface area (Å²) in [6.45, 7) is 9.06. The molecule has 0 bridgehead atoms. The summed E-state index contributed by atoms with van der Waals surface area (Å²) in [5.74, 6) is -0.605. The summed E-state index contributed by atoms with van der Waals surface area (Å²) in [6, 6.07) is 8.98. The second-order valence-electron chi connectivity index (χ2n) is 14.0. The summed E-state index contributed by atoms with van der Waals surface area (Å²) in [5, 5.41) is 8.22. The number of imide groups is 1. The number of anilines is 1. The summed E-state index contributed by atoms with van der Waals surface area (Å²) in [7, 11) is 0. The third-order valence-corrected chi connectivity index (χ3v) is 9.42. The van der Waals surface area contributed by atoms with Gasteiger partial charge in [0.2, 0.25) is 11.8 Å². The third kappa shape index (κ3) is 21.6. The van der Waals surface area contributed by atoms with E-state index in [-0.39, 0.29) is 51.0 Å². The van der Waals surface area contributed by atoms with Crippen LogP contribution in [-0.2, 0) is 74.8 Å². The lowest BCUT2D eigenvalue weighted by Crippen LogP contribution is -2.52. The molecule has 20 nitrogen and oxygen atoms in total. The van der Waals surface area contributed by atoms with Crippen LogP contribution in [0.5, 0.6) is 5.75 Å². The van der Waals surface area contributed by atoms with Crippen LogP contribution in [-0.4, -0.2) is 180 Å². The van der Waals surface area contributed by atoms with E-state index >= 15 is 0 Å². The van der Waals surface area contributed by atoms with Gasteiger partial charge in [-0.25, -0.2) is 4.79 Å². The molecule has 4 rings (SSSR count). The number of hydrogen-bond donors (Lipinski definition) is 3. The minimum Gasteiger partial charge on any atom is -0.491 e. The molecule has 5 amide bonds. The fraction of sp³-hybridized carbons (Fsp3) is 0.605. The van der Waals surface area contributed by atoms with Crippen molar-refractivity contribution in [1.29, 1.82) is 0 Å². The lowest BCUT2D eigenvalue weighted by Gasteiger charge is -2.29. The Hall–Kier alpha value is -4.32. The minimum atomic E-state index is -0.694. The van der Waals surface area contributed by atoms with Crippen LogP contribution in [0.25, 0.3) is 0 Å². The van der Waals surface area contributed by atoms with E-state index in [4.69, 9.17) is 63.7 Å². The number of piperidine rings is 1. The van der Waals surface area contributed by atoms with Gasteiger partial charge in [0, 0.05) is 41.9 Å².